The molecule has 0 bridgehead atoms. The number of carbonyl (C=O) groups excluding carboxylic acids is 2. The number of sulfone groups is 1. The molecule has 0 unspecified atom stereocenters. The van der Waals surface area contributed by atoms with E-state index in [9.17, 15) is 22.4 Å². The van der Waals surface area contributed by atoms with Gasteiger partial charge < -0.3 is 10.2 Å². The van der Waals surface area contributed by atoms with Crippen LogP contribution in [0.1, 0.15) is 17.2 Å². The van der Waals surface area contributed by atoms with Crippen LogP contribution in [0.2, 0.25) is 0 Å². The molecule has 158 valence electrons. The molecule has 3 aromatic carbocycles. The van der Waals surface area contributed by atoms with E-state index in [1.54, 1.807) is 42.5 Å². The minimum atomic E-state index is -3.87. The van der Waals surface area contributed by atoms with Gasteiger partial charge in [-0.3, -0.25) is 9.59 Å². The normalized spacial score (nSPS) is 17.5. The van der Waals surface area contributed by atoms with Gasteiger partial charge in [-0.15, -0.1) is 0 Å². The fourth-order valence-corrected chi connectivity index (χ4v) is 5.52. The highest BCUT2D eigenvalue weighted by Gasteiger charge is 2.39. The molecule has 0 aromatic heterocycles. The lowest BCUT2D eigenvalue weighted by Crippen LogP contribution is -2.38. The van der Waals surface area contributed by atoms with Crippen LogP contribution in [-0.4, -0.2) is 26.8 Å². The van der Waals surface area contributed by atoms with Crippen LogP contribution in [0.3, 0.4) is 0 Å². The lowest BCUT2D eigenvalue weighted by Gasteiger charge is -2.21. The fourth-order valence-electron chi connectivity index (χ4n) is 3.60. The van der Waals surface area contributed by atoms with Crippen LogP contribution in [0.25, 0.3) is 0 Å². The van der Waals surface area contributed by atoms with E-state index in [-0.39, 0.29) is 23.5 Å². The van der Waals surface area contributed by atoms with Gasteiger partial charge in [-0.25, -0.2) is 12.8 Å². The summed E-state index contributed by atoms with van der Waals surface area (Å²) in [6.07, 6.45) is -0.287. The van der Waals surface area contributed by atoms with Crippen LogP contribution in [-0.2, 0) is 19.4 Å². The molecule has 31 heavy (non-hydrogen) atoms. The van der Waals surface area contributed by atoms with Crippen molar-refractivity contribution in [3.05, 3.63) is 90.2 Å². The second-order valence-electron chi connectivity index (χ2n) is 7.15. The fraction of sp³-hybridized carbons (Fsp3) is 0.130. The second-order valence-corrected chi connectivity index (χ2v) is 9.25. The maximum Gasteiger partial charge on any atom is 0.244 e. The van der Waals surface area contributed by atoms with Crippen LogP contribution in [0, 0.1) is 5.82 Å². The van der Waals surface area contributed by atoms with Crippen molar-refractivity contribution in [2.75, 3.05) is 16.8 Å². The zero-order valence-electron chi connectivity index (χ0n) is 16.4. The molecule has 2 amide bonds. The zero-order chi connectivity index (χ0) is 22.0. The van der Waals surface area contributed by atoms with Crippen molar-refractivity contribution in [2.24, 2.45) is 0 Å². The summed E-state index contributed by atoms with van der Waals surface area (Å²) in [4.78, 5) is 26.9. The first-order valence-corrected chi connectivity index (χ1v) is 11.1. The van der Waals surface area contributed by atoms with Crippen LogP contribution in [0.4, 0.5) is 15.8 Å². The molecule has 1 aliphatic heterocycles. The Balaban J connectivity index is 1.68. The summed E-state index contributed by atoms with van der Waals surface area (Å²) in [5.74, 6) is -1.44. The van der Waals surface area contributed by atoms with E-state index in [2.05, 4.69) is 5.32 Å². The molecule has 3 aromatic rings. The van der Waals surface area contributed by atoms with Crippen molar-refractivity contribution in [3.63, 3.8) is 0 Å². The van der Waals surface area contributed by atoms with Crippen LogP contribution in [0.5, 0.6) is 0 Å². The summed E-state index contributed by atoms with van der Waals surface area (Å²) in [5.41, 5.74) is 1.06. The number of nitrogens with one attached hydrogen (secondary N) is 1. The Labute approximate surface area is 179 Å². The van der Waals surface area contributed by atoms with E-state index in [0.717, 1.165) is 0 Å². The van der Waals surface area contributed by atoms with Crippen LogP contribution in [0.15, 0.2) is 83.8 Å². The first-order chi connectivity index (χ1) is 14.9. The molecule has 1 atom stereocenters. The number of amides is 2. The summed E-state index contributed by atoms with van der Waals surface area (Å²) in [6, 6.07) is 20.0. The Morgan fingerprint density at radius 2 is 1.61 bits per heavy atom. The number of hydrogen-bond acceptors (Lipinski definition) is 4. The van der Waals surface area contributed by atoms with E-state index in [0.29, 0.717) is 11.3 Å². The molecule has 8 heteroatoms. The predicted octanol–water partition coefficient (Wildman–Crippen LogP) is 3.72. The van der Waals surface area contributed by atoms with Crippen LogP contribution < -0.4 is 10.2 Å². The van der Waals surface area contributed by atoms with Gasteiger partial charge in [0.05, 0.1) is 15.8 Å². The third-order valence-electron chi connectivity index (χ3n) is 5.10. The van der Waals surface area contributed by atoms with Crippen molar-refractivity contribution in [3.8, 4) is 0 Å². The van der Waals surface area contributed by atoms with Gasteiger partial charge in [0.1, 0.15) is 12.4 Å². The van der Waals surface area contributed by atoms with Gasteiger partial charge in [0.15, 0.2) is 9.84 Å². The maximum atomic E-state index is 13.4. The van der Waals surface area contributed by atoms with E-state index in [4.69, 9.17) is 0 Å². The monoisotopic (exact) mass is 438 g/mol. The van der Waals surface area contributed by atoms with Crippen molar-refractivity contribution in [1.82, 2.24) is 0 Å². The number of rotatable bonds is 4. The Morgan fingerprint density at radius 3 is 2.32 bits per heavy atom. The summed E-state index contributed by atoms with van der Waals surface area (Å²) in [5, 5.41) is 1.55. The van der Waals surface area contributed by atoms with Gasteiger partial charge in [0.25, 0.3) is 0 Å². The van der Waals surface area contributed by atoms with Crippen molar-refractivity contribution in [2.45, 2.75) is 16.6 Å². The second kappa shape index (κ2) is 8.31. The Bertz CT molecular complexity index is 1230. The van der Waals surface area contributed by atoms with Gasteiger partial charge in [-0.05, 0) is 42.0 Å². The first-order valence-electron chi connectivity index (χ1n) is 9.60. The van der Waals surface area contributed by atoms with Crippen molar-refractivity contribution < 1.29 is 22.4 Å². The average Bonchev–Trinajstić information content (AvgIpc) is 2.85. The number of para-hydroxylation sites is 1. The lowest BCUT2D eigenvalue weighted by atomic mass is 10.1. The molecule has 0 radical (unpaired) electrons. The molecule has 0 saturated heterocycles. The third-order valence-corrected chi connectivity index (χ3v) is 7.25. The van der Waals surface area contributed by atoms with E-state index in [1.165, 1.54) is 41.3 Å². The number of fused-ring (bicyclic) bond motifs is 1. The predicted molar refractivity (Wildman–Crippen MR) is 115 cm³/mol. The zero-order valence-corrected chi connectivity index (χ0v) is 17.2. The topological polar surface area (TPSA) is 83.6 Å². The largest absolute Gasteiger partial charge is 0.325 e. The molecule has 1 heterocycles. The quantitative estimate of drug-likeness (QED) is 0.673. The SMILES string of the molecule is O=C(CN1C(=O)C[C@H](c2ccccc2)S(=O)(=O)c2ccccc21)Nc1ccc(F)cc1. The Morgan fingerprint density at radius 1 is 0.968 bits per heavy atom. The summed E-state index contributed by atoms with van der Waals surface area (Å²) in [7, 11) is -3.87. The number of anilines is 2. The molecular formula is C23H19FN2O4S. The van der Waals surface area contributed by atoms with Gasteiger partial charge in [0, 0.05) is 12.1 Å². The minimum absolute atomic E-state index is 0.00397. The number of halogens is 1. The number of hydrogen-bond donors (Lipinski definition) is 1. The summed E-state index contributed by atoms with van der Waals surface area (Å²) >= 11 is 0. The third kappa shape index (κ3) is 4.20. The molecule has 0 aliphatic carbocycles. The van der Waals surface area contributed by atoms with E-state index >= 15 is 0 Å². The van der Waals surface area contributed by atoms with Crippen molar-refractivity contribution >= 4 is 33.0 Å². The smallest absolute Gasteiger partial charge is 0.244 e. The van der Waals surface area contributed by atoms with E-state index in [1.807, 2.05) is 0 Å². The molecule has 0 spiro atoms. The van der Waals surface area contributed by atoms with Gasteiger partial charge in [-0.1, -0.05) is 42.5 Å². The molecule has 0 fully saturated rings. The highest BCUT2D eigenvalue weighted by Crippen LogP contribution is 2.40. The Hall–Kier alpha value is -3.52. The highest BCUT2D eigenvalue weighted by atomic mass is 32.2. The lowest BCUT2D eigenvalue weighted by molar-refractivity contribution is -0.121. The first kappa shape index (κ1) is 20.7. The number of benzene rings is 3. The summed E-state index contributed by atoms with van der Waals surface area (Å²) in [6.45, 7) is -0.371. The average molecular weight is 438 g/mol. The highest BCUT2D eigenvalue weighted by molar-refractivity contribution is 7.92. The van der Waals surface area contributed by atoms with Gasteiger partial charge in [-0.2, -0.15) is 0 Å². The van der Waals surface area contributed by atoms with Crippen molar-refractivity contribution in [1.29, 1.82) is 0 Å². The standard InChI is InChI=1S/C23H19FN2O4S/c24-17-10-12-18(13-11-17)25-22(27)15-26-19-8-4-5-9-20(19)31(29,30)21(14-23(26)28)16-6-2-1-3-7-16/h1-13,21H,14-15H2,(H,25,27)/t21-/m1/s1. The van der Waals surface area contributed by atoms with Crippen LogP contribution >= 0.6 is 0 Å². The molecule has 1 aliphatic rings. The molecular weight excluding hydrogens is 419 g/mol. The van der Waals surface area contributed by atoms with Gasteiger partial charge in [0.2, 0.25) is 11.8 Å². The molecule has 1 N–H and O–H groups in total. The molecule has 6 nitrogen and oxygen atoms in total. The van der Waals surface area contributed by atoms with Gasteiger partial charge >= 0.3 is 0 Å². The molecule has 0 saturated carbocycles. The molecule has 4 rings (SSSR count). The minimum Gasteiger partial charge on any atom is -0.325 e. The maximum absolute atomic E-state index is 13.4. The van der Waals surface area contributed by atoms with E-state index < -0.39 is 32.7 Å². The Kier molecular flexibility index (Phi) is 5.56. The summed E-state index contributed by atoms with van der Waals surface area (Å²) < 4.78 is 39.9. The number of nitrogens with zero attached hydrogens (tertiary/aromatic N) is 1. The number of carbonyl (C=O) groups is 2.